The maximum absolute atomic E-state index is 5.69. The molecule has 3 heteroatoms. The Kier molecular flexibility index (Phi) is 4.46. The average molecular weight is 250 g/mol. The molecule has 3 nitrogen and oxygen atoms in total. The van der Waals surface area contributed by atoms with E-state index in [1.54, 1.807) is 0 Å². The molecule has 0 aromatic carbocycles. The summed E-state index contributed by atoms with van der Waals surface area (Å²) in [5.74, 6) is 2.83. The second kappa shape index (κ2) is 5.89. The van der Waals surface area contributed by atoms with Crippen LogP contribution in [-0.4, -0.2) is 30.1 Å². The lowest BCUT2D eigenvalue weighted by Gasteiger charge is -2.40. The Labute approximate surface area is 111 Å². The molecule has 0 amide bonds. The fourth-order valence-corrected chi connectivity index (χ4v) is 2.60. The third-order valence-corrected chi connectivity index (χ3v) is 4.22. The molecular weight excluding hydrogens is 224 g/mol. The van der Waals surface area contributed by atoms with Crippen LogP contribution in [0.2, 0.25) is 0 Å². The average Bonchev–Trinajstić information content (AvgIpc) is 2.76. The van der Waals surface area contributed by atoms with Gasteiger partial charge in [0, 0.05) is 25.2 Å². The van der Waals surface area contributed by atoms with Crippen molar-refractivity contribution in [1.29, 1.82) is 0 Å². The number of hydrogen-bond donors (Lipinski definition) is 1. The van der Waals surface area contributed by atoms with Gasteiger partial charge in [0.1, 0.15) is 11.5 Å². The van der Waals surface area contributed by atoms with Crippen molar-refractivity contribution in [3.8, 4) is 0 Å². The topological polar surface area (TPSA) is 28.4 Å². The van der Waals surface area contributed by atoms with Crippen molar-refractivity contribution >= 4 is 0 Å². The zero-order chi connectivity index (χ0) is 13.1. The van der Waals surface area contributed by atoms with Gasteiger partial charge in [-0.2, -0.15) is 0 Å². The van der Waals surface area contributed by atoms with Crippen LogP contribution in [0, 0.1) is 12.8 Å². The number of nitrogens with one attached hydrogen (secondary N) is 1. The fraction of sp³-hybridized carbons (Fsp3) is 0.733. The summed E-state index contributed by atoms with van der Waals surface area (Å²) >= 11 is 0. The molecule has 2 heterocycles. The molecule has 1 aliphatic heterocycles. The summed E-state index contributed by atoms with van der Waals surface area (Å²) in [6.45, 7) is 12.0. The SMILES string of the molecule is CCC(C)C1CN(Cc2ccc(C)o2)C(C)CN1. The lowest BCUT2D eigenvalue weighted by Crippen LogP contribution is -2.56. The Morgan fingerprint density at radius 1 is 1.50 bits per heavy atom. The highest BCUT2D eigenvalue weighted by molar-refractivity contribution is 5.06. The van der Waals surface area contributed by atoms with Crippen molar-refractivity contribution in [3.05, 3.63) is 23.7 Å². The van der Waals surface area contributed by atoms with E-state index in [0.717, 1.165) is 37.1 Å². The molecule has 102 valence electrons. The van der Waals surface area contributed by atoms with Crippen molar-refractivity contribution in [2.75, 3.05) is 13.1 Å². The monoisotopic (exact) mass is 250 g/mol. The smallest absolute Gasteiger partial charge is 0.118 e. The van der Waals surface area contributed by atoms with E-state index < -0.39 is 0 Å². The Hall–Kier alpha value is -0.800. The minimum atomic E-state index is 0.579. The van der Waals surface area contributed by atoms with E-state index in [-0.39, 0.29) is 0 Å². The summed E-state index contributed by atoms with van der Waals surface area (Å²) in [5.41, 5.74) is 0. The molecule has 18 heavy (non-hydrogen) atoms. The van der Waals surface area contributed by atoms with Crippen LogP contribution >= 0.6 is 0 Å². The number of piperazine rings is 1. The van der Waals surface area contributed by atoms with Crippen LogP contribution in [0.3, 0.4) is 0 Å². The molecule has 1 aromatic heterocycles. The van der Waals surface area contributed by atoms with E-state index in [2.05, 4.69) is 37.1 Å². The fourth-order valence-electron chi connectivity index (χ4n) is 2.60. The first kappa shape index (κ1) is 13.6. The maximum Gasteiger partial charge on any atom is 0.118 e. The highest BCUT2D eigenvalue weighted by atomic mass is 16.3. The Balaban J connectivity index is 1.97. The van der Waals surface area contributed by atoms with Gasteiger partial charge in [0.2, 0.25) is 0 Å². The van der Waals surface area contributed by atoms with E-state index in [1.807, 2.05) is 13.0 Å². The van der Waals surface area contributed by atoms with Crippen molar-refractivity contribution in [2.24, 2.45) is 5.92 Å². The molecule has 1 aliphatic rings. The number of nitrogens with zero attached hydrogens (tertiary/aromatic N) is 1. The first-order valence-corrected chi connectivity index (χ1v) is 7.13. The minimum absolute atomic E-state index is 0.579. The summed E-state index contributed by atoms with van der Waals surface area (Å²) in [7, 11) is 0. The molecule has 0 bridgehead atoms. The molecule has 0 radical (unpaired) electrons. The second-order valence-electron chi connectivity index (χ2n) is 5.69. The van der Waals surface area contributed by atoms with Crippen LogP contribution in [-0.2, 0) is 6.54 Å². The molecule has 3 atom stereocenters. The van der Waals surface area contributed by atoms with Crippen LogP contribution in [0.1, 0.15) is 38.7 Å². The standard InChI is InChI=1S/C15H26N2O/c1-5-11(2)15-10-17(12(3)8-16-15)9-14-7-6-13(4)18-14/h6-7,11-12,15-16H,5,8-10H2,1-4H3. The van der Waals surface area contributed by atoms with Gasteiger partial charge in [0.05, 0.1) is 6.54 Å². The zero-order valence-electron chi connectivity index (χ0n) is 12.1. The highest BCUT2D eigenvalue weighted by Crippen LogP contribution is 2.18. The van der Waals surface area contributed by atoms with E-state index in [4.69, 9.17) is 4.42 Å². The number of aryl methyl sites for hydroxylation is 1. The van der Waals surface area contributed by atoms with E-state index >= 15 is 0 Å². The third kappa shape index (κ3) is 3.15. The van der Waals surface area contributed by atoms with Gasteiger partial charge in [-0.3, -0.25) is 4.90 Å². The molecular formula is C15H26N2O. The van der Waals surface area contributed by atoms with Crippen LogP contribution in [0.5, 0.6) is 0 Å². The Morgan fingerprint density at radius 3 is 2.89 bits per heavy atom. The molecule has 0 aliphatic carbocycles. The van der Waals surface area contributed by atoms with E-state index in [0.29, 0.717) is 12.1 Å². The quantitative estimate of drug-likeness (QED) is 0.890. The number of furan rings is 1. The highest BCUT2D eigenvalue weighted by Gasteiger charge is 2.28. The first-order valence-electron chi connectivity index (χ1n) is 7.13. The van der Waals surface area contributed by atoms with E-state index in [9.17, 15) is 0 Å². The van der Waals surface area contributed by atoms with Crippen molar-refractivity contribution in [2.45, 2.75) is 52.7 Å². The molecule has 0 saturated carbocycles. The maximum atomic E-state index is 5.69. The second-order valence-corrected chi connectivity index (χ2v) is 5.69. The predicted octanol–water partition coefficient (Wildman–Crippen LogP) is 2.80. The van der Waals surface area contributed by atoms with Crippen molar-refractivity contribution in [3.63, 3.8) is 0 Å². The largest absolute Gasteiger partial charge is 0.465 e. The molecule has 1 saturated heterocycles. The molecule has 1 fully saturated rings. The predicted molar refractivity (Wildman–Crippen MR) is 74.6 cm³/mol. The van der Waals surface area contributed by atoms with Gasteiger partial charge >= 0.3 is 0 Å². The van der Waals surface area contributed by atoms with Gasteiger partial charge in [0.15, 0.2) is 0 Å². The van der Waals surface area contributed by atoms with E-state index in [1.165, 1.54) is 6.42 Å². The van der Waals surface area contributed by atoms with Crippen molar-refractivity contribution in [1.82, 2.24) is 10.2 Å². The number of rotatable bonds is 4. The summed E-state index contributed by atoms with van der Waals surface area (Å²) in [4.78, 5) is 2.53. The molecule has 3 unspecified atom stereocenters. The summed E-state index contributed by atoms with van der Waals surface area (Å²) in [5, 5.41) is 3.67. The molecule has 1 N–H and O–H groups in total. The Morgan fingerprint density at radius 2 is 2.28 bits per heavy atom. The van der Waals surface area contributed by atoms with Crippen LogP contribution in [0.4, 0.5) is 0 Å². The van der Waals surface area contributed by atoms with Gasteiger partial charge in [-0.05, 0) is 31.9 Å². The summed E-state index contributed by atoms with van der Waals surface area (Å²) in [6.07, 6.45) is 1.24. The van der Waals surface area contributed by atoms with Crippen LogP contribution in [0.15, 0.2) is 16.5 Å². The molecule has 0 spiro atoms. The van der Waals surface area contributed by atoms with Crippen LogP contribution in [0.25, 0.3) is 0 Å². The zero-order valence-corrected chi connectivity index (χ0v) is 12.1. The van der Waals surface area contributed by atoms with Crippen molar-refractivity contribution < 1.29 is 4.42 Å². The summed E-state index contributed by atoms with van der Waals surface area (Å²) < 4.78 is 5.69. The first-order chi connectivity index (χ1) is 8.60. The lowest BCUT2D eigenvalue weighted by atomic mass is 9.95. The third-order valence-electron chi connectivity index (χ3n) is 4.22. The van der Waals surface area contributed by atoms with Gasteiger partial charge in [0.25, 0.3) is 0 Å². The van der Waals surface area contributed by atoms with Gasteiger partial charge in [-0.15, -0.1) is 0 Å². The Bertz CT molecular complexity index is 374. The van der Waals surface area contributed by atoms with Gasteiger partial charge < -0.3 is 9.73 Å². The number of hydrogen-bond acceptors (Lipinski definition) is 3. The van der Waals surface area contributed by atoms with Gasteiger partial charge in [-0.25, -0.2) is 0 Å². The molecule has 1 aromatic rings. The van der Waals surface area contributed by atoms with Crippen LogP contribution < -0.4 is 5.32 Å². The normalized spacial score (nSPS) is 27.3. The summed E-state index contributed by atoms with van der Waals surface area (Å²) in [6, 6.07) is 5.34. The molecule has 2 rings (SSSR count). The van der Waals surface area contributed by atoms with Gasteiger partial charge in [-0.1, -0.05) is 20.3 Å². The lowest BCUT2D eigenvalue weighted by molar-refractivity contribution is 0.104. The minimum Gasteiger partial charge on any atom is -0.465 e.